The van der Waals surface area contributed by atoms with Crippen LogP contribution in [-0.2, 0) is 42.2 Å². The predicted octanol–water partition coefficient (Wildman–Crippen LogP) is 19.1. The number of aryl methyl sites for hydroxylation is 4. The number of benzene rings is 2. The van der Waals surface area contributed by atoms with Gasteiger partial charge >= 0.3 is 0 Å². The Labute approximate surface area is 378 Å². The first-order chi connectivity index (χ1) is 28.6. The van der Waals surface area contributed by atoms with E-state index in [1.165, 1.54) is 215 Å². The van der Waals surface area contributed by atoms with Crippen LogP contribution in [-0.4, -0.2) is 11.4 Å². The summed E-state index contributed by atoms with van der Waals surface area (Å²) in [5, 5.41) is 0. The third-order valence-corrected chi connectivity index (χ3v) is 12.2. The minimum atomic E-state index is 0. The summed E-state index contributed by atoms with van der Waals surface area (Å²) in [7, 11) is 0. The van der Waals surface area contributed by atoms with E-state index >= 15 is 0 Å². The molecule has 0 saturated carbocycles. The molecular weight excluding hydrogens is 759 g/mol. The van der Waals surface area contributed by atoms with Crippen molar-refractivity contribution in [2.45, 2.75) is 260 Å². The minimum absolute atomic E-state index is 0. The van der Waals surface area contributed by atoms with Gasteiger partial charge in [0.05, 0.1) is 22.8 Å². The fourth-order valence-electron chi connectivity index (χ4n) is 8.33. The van der Waals surface area contributed by atoms with Gasteiger partial charge in [0.1, 0.15) is 0 Å². The van der Waals surface area contributed by atoms with Crippen LogP contribution in [0.3, 0.4) is 0 Å². The van der Waals surface area contributed by atoms with Gasteiger partial charge in [-0.2, -0.15) is 0 Å². The Morgan fingerprint density at radius 1 is 0.390 bits per heavy atom. The number of hydrogen-bond acceptors (Lipinski definition) is 2. The van der Waals surface area contributed by atoms with Gasteiger partial charge in [-0.15, -0.1) is 0 Å². The molecule has 0 aliphatic rings. The van der Waals surface area contributed by atoms with Gasteiger partial charge in [-0.05, 0) is 130 Å². The number of aliphatic imine (C=N–C) groups is 2. The summed E-state index contributed by atoms with van der Waals surface area (Å²) in [6, 6.07) is 14.3. The number of rotatable bonds is 38. The van der Waals surface area contributed by atoms with Crippen LogP contribution in [0.2, 0.25) is 0 Å². The average molecular weight is 854 g/mol. The first-order valence-electron chi connectivity index (χ1n) is 25.7. The van der Waals surface area contributed by atoms with E-state index in [4.69, 9.17) is 9.98 Å². The molecule has 0 amide bonds. The Kier molecular flexibility index (Phi) is 36.3. The topological polar surface area (TPSA) is 24.7 Å². The van der Waals surface area contributed by atoms with Crippen LogP contribution in [0.25, 0.3) is 0 Å². The number of unbranched alkanes of at least 4 members (excludes halogenated alkanes) is 23. The molecule has 0 N–H and O–H groups in total. The standard InChI is InChI=1S/C56H94N2.Ni/c1-7-13-19-21-23-25-27-29-35-41-55(57-53-45-43-49(37-31-15-9-3)51(47-53)39-33-17-11-5)56(42-36-30-28-26-24-22-20-14-8-2)58-54-46-44-50(38-32-16-10-4)52(48-54)40-34-18-12-6;/h35,41,43-48H,7-34,36-40,42H2,1-6H3;. The molecule has 2 nitrogen and oxygen atoms in total. The zero-order valence-corrected chi connectivity index (χ0v) is 40.9. The monoisotopic (exact) mass is 853 g/mol. The second-order valence-electron chi connectivity index (χ2n) is 17.7. The first kappa shape index (κ1) is 55.0. The Hall–Kier alpha value is -1.99. The van der Waals surface area contributed by atoms with E-state index in [0.29, 0.717) is 0 Å². The molecule has 0 atom stereocenters. The summed E-state index contributed by atoms with van der Waals surface area (Å²) in [6.45, 7) is 13.9. The minimum Gasteiger partial charge on any atom is -0.251 e. The van der Waals surface area contributed by atoms with E-state index in [1.54, 1.807) is 5.56 Å². The molecule has 0 fully saturated rings. The van der Waals surface area contributed by atoms with E-state index in [9.17, 15) is 0 Å². The predicted molar refractivity (Wildman–Crippen MR) is 264 cm³/mol. The van der Waals surface area contributed by atoms with Gasteiger partial charge in [0.2, 0.25) is 0 Å². The summed E-state index contributed by atoms with van der Waals surface area (Å²) in [5.74, 6) is 0. The molecule has 0 aliphatic heterocycles. The molecule has 0 radical (unpaired) electrons. The molecule has 0 aromatic heterocycles. The van der Waals surface area contributed by atoms with Crippen molar-refractivity contribution in [2.24, 2.45) is 9.98 Å². The summed E-state index contributed by atoms with van der Waals surface area (Å²) in [5.41, 5.74) is 10.6. The normalized spacial score (nSPS) is 12.2. The van der Waals surface area contributed by atoms with Crippen LogP contribution >= 0.6 is 0 Å². The van der Waals surface area contributed by atoms with Crippen LogP contribution in [0.5, 0.6) is 0 Å². The van der Waals surface area contributed by atoms with Crippen molar-refractivity contribution >= 4 is 22.8 Å². The molecule has 2 rings (SSSR count). The molecule has 0 bridgehead atoms. The molecule has 2 aromatic rings. The summed E-state index contributed by atoms with van der Waals surface area (Å²) in [6.07, 6.45) is 48.4. The third kappa shape index (κ3) is 26.9. The largest absolute Gasteiger partial charge is 0.251 e. The zero-order valence-electron chi connectivity index (χ0n) is 39.9. The van der Waals surface area contributed by atoms with Crippen molar-refractivity contribution in [3.63, 3.8) is 0 Å². The van der Waals surface area contributed by atoms with Crippen molar-refractivity contribution in [1.29, 1.82) is 0 Å². The molecule has 0 heterocycles. The van der Waals surface area contributed by atoms with Gasteiger partial charge in [-0.3, -0.25) is 4.99 Å². The van der Waals surface area contributed by atoms with Crippen molar-refractivity contribution in [2.75, 3.05) is 0 Å². The van der Waals surface area contributed by atoms with Crippen molar-refractivity contribution in [3.8, 4) is 0 Å². The van der Waals surface area contributed by atoms with Crippen LogP contribution in [0, 0.1) is 0 Å². The van der Waals surface area contributed by atoms with Crippen molar-refractivity contribution in [1.82, 2.24) is 0 Å². The summed E-state index contributed by atoms with van der Waals surface area (Å²) >= 11 is 0. The van der Waals surface area contributed by atoms with Gasteiger partial charge in [-0.1, -0.05) is 201 Å². The van der Waals surface area contributed by atoms with E-state index in [2.05, 4.69) is 90.1 Å². The summed E-state index contributed by atoms with van der Waals surface area (Å²) < 4.78 is 0. The van der Waals surface area contributed by atoms with E-state index < -0.39 is 0 Å². The van der Waals surface area contributed by atoms with E-state index in [1.807, 2.05) is 0 Å². The Bertz CT molecular complexity index is 1370. The maximum atomic E-state index is 5.59. The van der Waals surface area contributed by atoms with Crippen LogP contribution in [0.15, 0.2) is 58.5 Å². The van der Waals surface area contributed by atoms with Crippen LogP contribution in [0.4, 0.5) is 11.4 Å². The molecule has 0 aliphatic carbocycles. The number of allylic oxidation sites excluding steroid dienone is 2. The molecule has 338 valence electrons. The molecular formula is C56H94N2Ni. The zero-order chi connectivity index (χ0) is 41.7. The van der Waals surface area contributed by atoms with Crippen molar-refractivity contribution in [3.05, 3.63) is 70.8 Å². The smallest absolute Gasteiger partial charge is 0.0848 e. The maximum absolute atomic E-state index is 5.59. The average Bonchev–Trinajstić information content (AvgIpc) is 3.23. The van der Waals surface area contributed by atoms with E-state index in [0.717, 1.165) is 42.8 Å². The Balaban J connectivity index is 0.0000174. The SMILES string of the molecule is CCCCCCCCCC=CC(=Nc1ccc(CCCCC)c(CCCCC)c1)C(CCCCCCCCCCC)=Nc1ccc(CCCCC)c(CCCCC)c1.[Ni]. The van der Waals surface area contributed by atoms with Crippen molar-refractivity contribution < 1.29 is 16.5 Å². The third-order valence-electron chi connectivity index (χ3n) is 12.2. The summed E-state index contributed by atoms with van der Waals surface area (Å²) in [4.78, 5) is 11.1. The fraction of sp³-hybridized carbons (Fsp3) is 0.714. The van der Waals surface area contributed by atoms with Crippen LogP contribution < -0.4 is 0 Å². The van der Waals surface area contributed by atoms with Crippen LogP contribution in [0.1, 0.15) is 256 Å². The maximum Gasteiger partial charge on any atom is 0.0848 e. The van der Waals surface area contributed by atoms with Gasteiger partial charge in [0.15, 0.2) is 0 Å². The molecule has 59 heavy (non-hydrogen) atoms. The second kappa shape index (κ2) is 38.9. The number of hydrogen-bond donors (Lipinski definition) is 0. The first-order valence-corrected chi connectivity index (χ1v) is 25.7. The van der Waals surface area contributed by atoms with Gasteiger partial charge in [-0.25, -0.2) is 4.99 Å². The fourth-order valence-corrected chi connectivity index (χ4v) is 8.33. The van der Waals surface area contributed by atoms with Gasteiger partial charge in [0, 0.05) is 16.5 Å². The van der Waals surface area contributed by atoms with Gasteiger partial charge < -0.3 is 0 Å². The Morgan fingerprint density at radius 2 is 0.746 bits per heavy atom. The van der Waals surface area contributed by atoms with E-state index in [-0.39, 0.29) is 16.5 Å². The molecule has 0 spiro atoms. The Morgan fingerprint density at radius 3 is 1.19 bits per heavy atom. The molecule has 0 unspecified atom stereocenters. The molecule has 3 heteroatoms. The van der Waals surface area contributed by atoms with Gasteiger partial charge in [0.25, 0.3) is 0 Å². The quantitative estimate of drug-likeness (QED) is 0.0365. The second-order valence-corrected chi connectivity index (χ2v) is 17.7. The molecule has 2 aromatic carbocycles. The number of nitrogens with zero attached hydrogens (tertiary/aromatic N) is 2. The molecule has 0 saturated heterocycles.